The Morgan fingerprint density at radius 2 is 2.16 bits per heavy atom. The molecule has 1 aliphatic carbocycles. The van der Waals surface area contributed by atoms with E-state index in [0.29, 0.717) is 52.5 Å². The molecule has 7 nitrogen and oxygen atoms in total. The van der Waals surface area contributed by atoms with E-state index in [-0.39, 0.29) is 5.78 Å². The summed E-state index contributed by atoms with van der Waals surface area (Å²) in [4.78, 5) is 20.7. The second-order valence-corrected chi connectivity index (χ2v) is 8.48. The molecule has 1 saturated heterocycles. The van der Waals surface area contributed by atoms with E-state index in [1.54, 1.807) is 25.6 Å². The quantitative estimate of drug-likeness (QED) is 0.479. The first-order chi connectivity index (χ1) is 15.7. The minimum atomic E-state index is 0.118. The highest BCUT2D eigenvalue weighted by Gasteiger charge is 2.29. The highest BCUT2D eigenvalue weighted by Crippen LogP contribution is 2.43. The highest BCUT2D eigenvalue weighted by atomic mass is 35.5. The number of para-hydroxylation sites is 1. The van der Waals surface area contributed by atoms with Crippen molar-refractivity contribution < 1.29 is 14.3 Å². The van der Waals surface area contributed by atoms with Gasteiger partial charge in [-0.25, -0.2) is 0 Å². The number of ether oxygens (including phenoxy) is 2. The first-order valence-corrected chi connectivity index (χ1v) is 11.2. The molecule has 2 aliphatic rings. The number of aromatic nitrogens is 2. The average Bonchev–Trinajstić information content (AvgIpc) is 3.12. The summed E-state index contributed by atoms with van der Waals surface area (Å²) in [6.07, 6.45) is 6.73. The molecule has 1 aliphatic heterocycles. The van der Waals surface area contributed by atoms with Crippen molar-refractivity contribution >= 4 is 28.8 Å². The number of carbonyl (C=O) groups excluding carboxylic acids is 1. The van der Waals surface area contributed by atoms with Gasteiger partial charge in [0.1, 0.15) is 12.4 Å². The summed E-state index contributed by atoms with van der Waals surface area (Å²) in [5, 5.41) is 7.28. The van der Waals surface area contributed by atoms with Gasteiger partial charge in [0.2, 0.25) is 0 Å². The van der Waals surface area contributed by atoms with Crippen LogP contribution < -0.4 is 20.1 Å². The number of nitrogens with zero attached hydrogens (tertiary/aromatic N) is 1. The number of fused-ring (bicyclic) bond motifs is 1. The third-order valence-corrected chi connectivity index (χ3v) is 6.34. The molecular weight excluding hydrogens is 428 g/mol. The Labute approximate surface area is 191 Å². The first-order valence-electron chi connectivity index (χ1n) is 10.8. The maximum absolute atomic E-state index is 12.9. The summed E-state index contributed by atoms with van der Waals surface area (Å²) in [5.74, 6) is 1.32. The van der Waals surface area contributed by atoms with E-state index < -0.39 is 0 Å². The Hall–Kier alpha value is -3.03. The molecular formula is C24H25ClN4O3. The Kier molecular flexibility index (Phi) is 5.76. The number of rotatable bonds is 7. The number of anilines is 2. The molecule has 3 aromatic rings. The molecule has 8 heteroatoms. The summed E-state index contributed by atoms with van der Waals surface area (Å²) in [7, 11) is 1.58. The standard InChI is InChI=1S/C24H25ClN4O3/c1-31-24-16(25)4-2-6-18(24)29-23-21-17(5-3-7-19(21)30)28-22(23)15-9-10-26-12-20(15)32-13-14-8-11-27-14/h2,4,6,9-10,12,14,27-29H,3,5,7-8,11,13H2,1H3/t14-/m1/s1. The van der Waals surface area contributed by atoms with Crippen LogP contribution in [0, 0.1) is 0 Å². The molecule has 0 radical (unpaired) electrons. The van der Waals surface area contributed by atoms with Gasteiger partial charge in [-0.2, -0.15) is 0 Å². The molecule has 5 rings (SSSR count). The van der Waals surface area contributed by atoms with Crippen molar-refractivity contribution in [3.63, 3.8) is 0 Å². The van der Waals surface area contributed by atoms with E-state index in [9.17, 15) is 4.79 Å². The minimum Gasteiger partial charge on any atom is -0.493 e. The van der Waals surface area contributed by atoms with Crippen molar-refractivity contribution in [2.45, 2.75) is 31.7 Å². The Morgan fingerprint density at radius 1 is 1.28 bits per heavy atom. The third-order valence-electron chi connectivity index (χ3n) is 6.04. The zero-order valence-electron chi connectivity index (χ0n) is 17.8. The second-order valence-electron chi connectivity index (χ2n) is 8.07. The summed E-state index contributed by atoms with van der Waals surface area (Å²) in [5.41, 5.74) is 4.68. The van der Waals surface area contributed by atoms with E-state index >= 15 is 0 Å². The second kappa shape index (κ2) is 8.84. The molecule has 3 heterocycles. The lowest BCUT2D eigenvalue weighted by atomic mass is 9.95. The van der Waals surface area contributed by atoms with E-state index in [4.69, 9.17) is 21.1 Å². The number of carbonyl (C=O) groups is 1. The Balaban J connectivity index is 1.60. The van der Waals surface area contributed by atoms with Gasteiger partial charge in [-0.1, -0.05) is 17.7 Å². The molecule has 1 atom stereocenters. The number of hydrogen-bond donors (Lipinski definition) is 3. The zero-order valence-corrected chi connectivity index (χ0v) is 18.6. The SMILES string of the molecule is COc1c(Cl)cccc1Nc1c(-c2ccncc2OC[C@H]2CCN2)[nH]c2c1C(=O)CCC2. The Bertz CT molecular complexity index is 1160. The minimum absolute atomic E-state index is 0.118. The fourth-order valence-corrected chi connectivity index (χ4v) is 4.51. The number of H-pyrrole nitrogens is 1. The number of aromatic amines is 1. The number of hydrogen-bond acceptors (Lipinski definition) is 6. The van der Waals surface area contributed by atoms with Crippen molar-refractivity contribution in [1.82, 2.24) is 15.3 Å². The number of halogens is 1. The van der Waals surface area contributed by atoms with Gasteiger partial charge in [0.15, 0.2) is 11.5 Å². The molecule has 0 unspecified atom stereocenters. The monoisotopic (exact) mass is 452 g/mol. The van der Waals surface area contributed by atoms with Gasteiger partial charge >= 0.3 is 0 Å². The van der Waals surface area contributed by atoms with Crippen LogP contribution in [0.25, 0.3) is 11.3 Å². The van der Waals surface area contributed by atoms with Crippen molar-refractivity contribution in [1.29, 1.82) is 0 Å². The van der Waals surface area contributed by atoms with Gasteiger partial charge < -0.3 is 25.1 Å². The molecule has 1 aromatic carbocycles. The molecule has 1 fully saturated rings. The number of methoxy groups -OCH3 is 1. The van der Waals surface area contributed by atoms with Crippen LogP contribution in [0.4, 0.5) is 11.4 Å². The van der Waals surface area contributed by atoms with Crippen molar-refractivity contribution in [3.05, 3.63) is 52.9 Å². The number of Topliss-reactive ketones (excluding diaryl/α,β-unsaturated/α-hetero) is 1. The fourth-order valence-electron chi connectivity index (χ4n) is 4.26. The van der Waals surface area contributed by atoms with Gasteiger partial charge in [-0.3, -0.25) is 9.78 Å². The summed E-state index contributed by atoms with van der Waals surface area (Å²) < 4.78 is 11.6. The van der Waals surface area contributed by atoms with Crippen LogP contribution >= 0.6 is 11.6 Å². The lowest BCUT2D eigenvalue weighted by Gasteiger charge is -2.27. The molecule has 166 valence electrons. The van der Waals surface area contributed by atoms with Crippen molar-refractivity contribution in [2.24, 2.45) is 0 Å². The number of benzene rings is 1. The largest absolute Gasteiger partial charge is 0.493 e. The van der Waals surface area contributed by atoms with Gasteiger partial charge in [0.05, 0.1) is 41.0 Å². The van der Waals surface area contributed by atoms with Crippen molar-refractivity contribution in [2.75, 3.05) is 25.6 Å². The van der Waals surface area contributed by atoms with E-state index in [1.165, 1.54) is 0 Å². The average molecular weight is 453 g/mol. The summed E-state index contributed by atoms with van der Waals surface area (Å²) in [6.45, 7) is 1.60. The summed E-state index contributed by atoms with van der Waals surface area (Å²) in [6, 6.07) is 7.77. The Morgan fingerprint density at radius 3 is 2.94 bits per heavy atom. The molecule has 2 aromatic heterocycles. The zero-order chi connectivity index (χ0) is 22.1. The lowest BCUT2D eigenvalue weighted by Crippen LogP contribution is -2.46. The number of pyridine rings is 1. The van der Waals surface area contributed by atoms with Crippen LogP contribution in [0.1, 0.15) is 35.3 Å². The predicted molar refractivity (Wildman–Crippen MR) is 124 cm³/mol. The fraction of sp³-hybridized carbons (Fsp3) is 0.333. The normalized spacial score (nSPS) is 17.4. The lowest BCUT2D eigenvalue weighted by molar-refractivity contribution is 0.0973. The molecule has 0 amide bonds. The molecule has 0 spiro atoms. The highest BCUT2D eigenvalue weighted by molar-refractivity contribution is 6.32. The van der Waals surface area contributed by atoms with Crippen LogP contribution in [0.5, 0.6) is 11.5 Å². The number of nitrogens with one attached hydrogen (secondary N) is 3. The van der Waals surface area contributed by atoms with E-state index in [1.807, 2.05) is 18.2 Å². The summed E-state index contributed by atoms with van der Waals surface area (Å²) >= 11 is 6.34. The maximum atomic E-state index is 12.9. The van der Waals surface area contributed by atoms with Gasteiger partial charge in [-0.15, -0.1) is 0 Å². The van der Waals surface area contributed by atoms with Crippen LogP contribution in [-0.4, -0.2) is 42.1 Å². The smallest absolute Gasteiger partial charge is 0.166 e. The van der Waals surface area contributed by atoms with Crippen molar-refractivity contribution in [3.8, 4) is 22.8 Å². The molecule has 32 heavy (non-hydrogen) atoms. The van der Waals surface area contributed by atoms with Crippen LogP contribution in [-0.2, 0) is 6.42 Å². The molecule has 0 bridgehead atoms. The first kappa shape index (κ1) is 20.8. The van der Waals surface area contributed by atoms with E-state index in [2.05, 4.69) is 20.6 Å². The van der Waals surface area contributed by atoms with Gasteiger partial charge in [0.25, 0.3) is 0 Å². The van der Waals surface area contributed by atoms with Crippen LogP contribution in [0.2, 0.25) is 5.02 Å². The maximum Gasteiger partial charge on any atom is 0.166 e. The predicted octanol–water partition coefficient (Wildman–Crippen LogP) is 4.74. The third kappa shape index (κ3) is 3.82. The van der Waals surface area contributed by atoms with E-state index in [0.717, 1.165) is 42.8 Å². The number of ketones is 1. The molecule has 3 N–H and O–H groups in total. The molecule has 0 saturated carbocycles. The van der Waals surface area contributed by atoms with Crippen LogP contribution in [0.3, 0.4) is 0 Å². The van der Waals surface area contributed by atoms with Crippen LogP contribution in [0.15, 0.2) is 36.7 Å². The topological polar surface area (TPSA) is 88.3 Å². The van der Waals surface area contributed by atoms with Gasteiger partial charge in [-0.05, 0) is 44.0 Å². The van der Waals surface area contributed by atoms with Gasteiger partial charge in [0, 0.05) is 29.9 Å². The number of aryl methyl sites for hydroxylation is 1.